The minimum absolute atomic E-state index is 0.179. The molecule has 0 saturated carbocycles. The molecule has 0 radical (unpaired) electrons. The predicted molar refractivity (Wildman–Crippen MR) is 92.7 cm³/mol. The highest BCUT2D eigenvalue weighted by Gasteiger charge is 2.31. The minimum Gasteiger partial charge on any atom is -0.406 e. The fourth-order valence-corrected chi connectivity index (χ4v) is 2.11. The lowest BCUT2D eigenvalue weighted by Gasteiger charge is -2.10. The van der Waals surface area contributed by atoms with Crippen LogP contribution < -0.4 is 4.74 Å². The number of ether oxygens (including phenoxy) is 1. The van der Waals surface area contributed by atoms with Crippen LogP contribution >= 0.6 is 0 Å². The van der Waals surface area contributed by atoms with Crippen LogP contribution in [0.15, 0.2) is 48.5 Å². The Hall–Kier alpha value is -2.18. The Balaban J connectivity index is 0.000000271. The van der Waals surface area contributed by atoms with E-state index < -0.39 is 18.1 Å². The lowest BCUT2D eigenvalue weighted by Crippen LogP contribution is -2.17. The summed E-state index contributed by atoms with van der Waals surface area (Å²) in [6.45, 7) is 7.84. The van der Waals surface area contributed by atoms with Gasteiger partial charge in [-0.3, -0.25) is 0 Å². The average molecular weight is 392 g/mol. The Labute approximate surface area is 155 Å². The van der Waals surface area contributed by atoms with E-state index in [2.05, 4.69) is 4.74 Å². The van der Waals surface area contributed by atoms with Crippen LogP contribution in [0, 0.1) is 0 Å². The molecule has 0 saturated heterocycles. The Morgan fingerprint density at radius 3 is 1.30 bits per heavy atom. The van der Waals surface area contributed by atoms with Gasteiger partial charge in [-0.15, -0.1) is 13.2 Å². The summed E-state index contributed by atoms with van der Waals surface area (Å²) in [7, 11) is 0. The maximum absolute atomic E-state index is 12.1. The molecule has 0 aromatic heterocycles. The summed E-state index contributed by atoms with van der Waals surface area (Å²) in [5.41, 5.74) is 1.32. The molecule has 0 unspecified atom stereocenters. The van der Waals surface area contributed by atoms with Gasteiger partial charge in [-0.2, -0.15) is 13.2 Å². The van der Waals surface area contributed by atoms with Gasteiger partial charge < -0.3 is 4.74 Å². The van der Waals surface area contributed by atoms with Crippen LogP contribution in [0.2, 0.25) is 0 Å². The van der Waals surface area contributed by atoms with E-state index in [-0.39, 0.29) is 11.7 Å². The van der Waals surface area contributed by atoms with E-state index in [0.717, 1.165) is 23.3 Å². The number of rotatable bonds is 3. The topological polar surface area (TPSA) is 9.23 Å². The quantitative estimate of drug-likeness (QED) is 0.490. The zero-order valence-electron chi connectivity index (χ0n) is 15.4. The third-order valence-corrected chi connectivity index (χ3v) is 3.69. The SMILES string of the molecule is CC(C)c1ccc(C(F)(F)F)cc1.CC(C)c1ccc(OC(F)(F)F)cc1. The highest BCUT2D eigenvalue weighted by molar-refractivity contribution is 5.29. The van der Waals surface area contributed by atoms with E-state index in [1.165, 1.54) is 24.3 Å². The van der Waals surface area contributed by atoms with Crippen LogP contribution in [0.3, 0.4) is 0 Å². The fraction of sp³-hybridized carbons (Fsp3) is 0.400. The van der Waals surface area contributed by atoms with Crippen molar-refractivity contribution in [3.63, 3.8) is 0 Å². The summed E-state index contributed by atoms with van der Waals surface area (Å²) in [6.07, 6.45) is -8.84. The molecule has 0 atom stereocenters. The van der Waals surface area contributed by atoms with Gasteiger partial charge in [-0.05, 0) is 47.2 Å². The lowest BCUT2D eigenvalue weighted by molar-refractivity contribution is -0.274. The van der Waals surface area contributed by atoms with E-state index in [1.54, 1.807) is 12.1 Å². The molecule has 2 aromatic rings. The second-order valence-electron chi connectivity index (χ2n) is 6.55. The van der Waals surface area contributed by atoms with Gasteiger partial charge in [-0.25, -0.2) is 0 Å². The zero-order chi connectivity index (χ0) is 20.8. The van der Waals surface area contributed by atoms with Crippen molar-refractivity contribution in [3.8, 4) is 5.75 Å². The summed E-state index contributed by atoms with van der Waals surface area (Å²) in [4.78, 5) is 0. The maximum atomic E-state index is 12.1. The van der Waals surface area contributed by atoms with Crippen molar-refractivity contribution in [2.45, 2.75) is 52.1 Å². The monoisotopic (exact) mass is 392 g/mol. The predicted octanol–water partition coefficient (Wildman–Crippen LogP) is 7.54. The molecule has 2 aromatic carbocycles. The number of halogens is 6. The first kappa shape index (κ1) is 22.9. The summed E-state index contributed by atoms with van der Waals surface area (Å²) < 4.78 is 75.4. The first-order chi connectivity index (χ1) is 12.3. The Morgan fingerprint density at radius 1 is 0.630 bits per heavy atom. The largest absolute Gasteiger partial charge is 0.573 e. The van der Waals surface area contributed by atoms with E-state index in [0.29, 0.717) is 5.92 Å². The first-order valence-corrected chi connectivity index (χ1v) is 8.32. The summed E-state index contributed by atoms with van der Waals surface area (Å²) in [5.74, 6) is 0.388. The highest BCUT2D eigenvalue weighted by Crippen LogP contribution is 2.30. The molecule has 0 aliphatic rings. The molecule has 27 heavy (non-hydrogen) atoms. The standard InChI is InChI=1S/C10H11F3O.C10H11F3/c1-7(2)8-3-5-9(6-4-8)14-10(11,12)13;1-7(2)8-3-5-9(6-4-8)10(11,12)13/h3-7H,1-2H3;3-7H,1-2H3. The molecule has 0 aliphatic carbocycles. The van der Waals surface area contributed by atoms with E-state index >= 15 is 0 Å². The van der Waals surface area contributed by atoms with Gasteiger partial charge in [0.15, 0.2) is 0 Å². The normalized spacial score (nSPS) is 12.0. The van der Waals surface area contributed by atoms with Crippen LogP contribution in [0.4, 0.5) is 26.3 Å². The second kappa shape index (κ2) is 9.15. The van der Waals surface area contributed by atoms with Crippen LogP contribution in [0.1, 0.15) is 56.2 Å². The number of hydrogen-bond donors (Lipinski definition) is 0. The third-order valence-electron chi connectivity index (χ3n) is 3.69. The number of alkyl halides is 6. The minimum atomic E-state index is -4.61. The molecular formula is C20H22F6O. The summed E-state index contributed by atoms with van der Waals surface area (Å²) in [6, 6.07) is 11.2. The van der Waals surface area contributed by atoms with Crippen LogP contribution in [0.5, 0.6) is 5.75 Å². The molecule has 0 bridgehead atoms. The number of benzene rings is 2. The molecule has 0 spiro atoms. The molecule has 0 heterocycles. The van der Waals surface area contributed by atoms with E-state index in [4.69, 9.17) is 0 Å². The Morgan fingerprint density at radius 2 is 1.00 bits per heavy atom. The molecule has 150 valence electrons. The molecule has 0 fully saturated rings. The van der Waals surface area contributed by atoms with Gasteiger partial charge in [0, 0.05) is 0 Å². The van der Waals surface area contributed by atoms with E-state index in [9.17, 15) is 26.3 Å². The number of hydrogen-bond acceptors (Lipinski definition) is 1. The maximum Gasteiger partial charge on any atom is 0.573 e. The van der Waals surface area contributed by atoms with Gasteiger partial charge in [0.2, 0.25) is 0 Å². The van der Waals surface area contributed by atoms with Gasteiger partial charge in [0.25, 0.3) is 0 Å². The van der Waals surface area contributed by atoms with Gasteiger partial charge in [0.05, 0.1) is 5.56 Å². The molecule has 7 heteroatoms. The fourth-order valence-electron chi connectivity index (χ4n) is 2.11. The third kappa shape index (κ3) is 8.37. The zero-order valence-corrected chi connectivity index (χ0v) is 15.4. The lowest BCUT2D eigenvalue weighted by atomic mass is 10.0. The smallest absolute Gasteiger partial charge is 0.406 e. The van der Waals surface area contributed by atoms with Crippen molar-refractivity contribution in [2.24, 2.45) is 0 Å². The van der Waals surface area contributed by atoms with Gasteiger partial charge in [0.1, 0.15) is 5.75 Å². The summed E-state index contributed by atoms with van der Waals surface area (Å²) in [5, 5.41) is 0. The van der Waals surface area contributed by atoms with Crippen LogP contribution in [-0.2, 0) is 6.18 Å². The molecule has 2 rings (SSSR count). The van der Waals surface area contributed by atoms with Crippen molar-refractivity contribution in [2.75, 3.05) is 0 Å². The second-order valence-corrected chi connectivity index (χ2v) is 6.55. The molecule has 0 N–H and O–H groups in total. The first-order valence-electron chi connectivity index (χ1n) is 8.32. The van der Waals surface area contributed by atoms with Crippen molar-refractivity contribution in [3.05, 3.63) is 65.2 Å². The highest BCUT2D eigenvalue weighted by atomic mass is 19.4. The molecule has 1 nitrogen and oxygen atoms in total. The van der Waals surface area contributed by atoms with Crippen molar-refractivity contribution in [1.82, 2.24) is 0 Å². The van der Waals surface area contributed by atoms with Gasteiger partial charge in [-0.1, -0.05) is 52.0 Å². The van der Waals surface area contributed by atoms with Crippen molar-refractivity contribution in [1.29, 1.82) is 0 Å². The Kier molecular flexibility index (Phi) is 7.75. The van der Waals surface area contributed by atoms with Crippen LogP contribution in [0.25, 0.3) is 0 Å². The molecule has 0 aliphatic heterocycles. The van der Waals surface area contributed by atoms with Crippen molar-refractivity contribution >= 4 is 0 Å². The Bertz CT molecular complexity index is 682. The molecule has 0 amide bonds. The average Bonchev–Trinajstić information content (AvgIpc) is 2.53. The molecular weight excluding hydrogens is 370 g/mol. The van der Waals surface area contributed by atoms with Crippen molar-refractivity contribution < 1.29 is 31.1 Å². The van der Waals surface area contributed by atoms with Gasteiger partial charge >= 0.3 is 12.5 Å². The summed E-state index contributed by atoms with van der Waals surface area (Å²) >= 11 is 0. The van der Waals surface area contributed by atoms with E-state index in [1.807, 2.05) is 27.7 Å². The van der Waals surface area contributed by atoms with Crippen LogP contribution in [-0.4, -0.2) is 6.36 Å².